The predicted octanol–water partition coefficient (Wildman–Crippen LogP) is 9.07. The number of hydrogen-bond acceptors (Lipinski definition) is 3. The summed E-state index contributed by atoms with van der Waals surface area (Å²) in [5, 5.41) is 5.38. The van der Waals surface area contributed by atoms with Crippen LogP contribution in [0.1, 0.15) is 40.3 Å². The molecule has 3 heterocycles. The number of para-hydroxylation sites is 1. The Kier molecular flexibility index (Phi) is 7.47. The summed E-state index contributed by atoms with van der Waals surface area (Å²) in [7, 11) is 0. The molecule has 2 aromatic heterocycles. The molecular formula is C33H28Cl2N4OS. The number of rotatable bonds is 6. The minimum absolute atomic E-state index is 0.161. The van der Waals surface area contributed by atoms with Gasteiger partial charge in [0.1, 0.15) is 11.5 Å². The first-order valence-corrected chi connectivity index (χ1v) is 14.5. The summed E-state index contributed by atoms with van der Waals surface area (Å²) in [5.41, 5.74) is 7.07. The van der Waals surface area contributed by atoms with E-state index >= 15 is 0 Å². The monoisotopic (exact) mass is 598 g/mol. The van der Waals surface area contributed by atoms with Crippen LogP contribution in [0.2, 0.25) is 10.0 Å². The fourth-order valence-corrected chi connectivity index (χ4v) is 6.38. The van der Waals surface area contributed by atoms with Crippen molar-refractivity contribution in [1.29, 1.82) is 0 Å². The van der Waals surface area contributed by atoms with Crippen LogP contribution in [0.5, 0.6) is 11.5 Å². The molecule has 1 saturated heterocycles. The summed E-state index contributed by atoms with van der Waals surface area (Å²) in [6.45, 7) is 6.23. The molecule has 1 aliphatic heterocycles. The van der Waals surface area contributed by atoms with Crippen molar-refractivity contribution in [1.82, 2.24) is 14.9 Å². The molecule has 41 heavy (non-hydrogen) atoms. The number of nitrogens with zero attached hydrogens (tertiary/aromatic N) is 3. The lowest BCUT2D eigenvalue weighted by molar-refractivity contribution is 0.479. The Balaban J connectivity index is 1.43. The standard InChI is InChI=1S/C33H28Cl2N4OS/c1-20-8-4-5-10-30(20)40-25-14-12-24(13-15-25)39-32(31(37-33(39)41)28-9-6-7-17-36-28)26-18-21(2)38(22(26)3)29-16-11-23(34)19-27(29)35/h4-19,31-32H,1-3H3,(H,37,41). The van der Waals surface area contributed by atoms with Crippen molar-refractivity contribution in [3.8, 4) is 17.2 Å². The summed E-state index contributed by atoms with van der Waals surface area (Å²) in [6, 6.07) is 29.5. The van der Waals surface area contributed by atoms with Gasteiger partial charge in [0.25, 0.3) is 0 Å². The molecule has 0 radical (unpaired) electrons. The van der Waals surface area contributed by atoms with Gasteiger partial charge < -0.3 is 19.5 Å². The average molecular weight is 600 g/mol. The quantitative estimate of drug-likeness (QED) is 0.197. The highest BCUT2D eigenvalue weighted by atomic mass is 35.5. The van der Waals surface area contributed by atoms with E-state index in [9.17, 15) is 0 Å². The maximum Gasteiger partial charge on any atom is 0.174 e. The lowest BCUT2D eigenvalue weighted by atomic mass is 9.96. The molecule has 2 unspecified atom stereocenters. The SMILES string of the molecule is Cc1ccccc1Oc1ccc(N2C(=S)NC(c3ccccn3)C2c2cc(C)n(-c3ccc(Cl)cc3Cl)c2C)cc1. The van der Waals surface area contributed by atoms with Crippen molar-refractivity contribution >= 4 is 46.2 Å². The lowest BCUT2D eigenvalue weighted by Crippen LogP contribution is -2.29. The van der Waals surface area contributed by atoms with Crippen LogP contribution in [0.3, 0.4) is 0 Å². The van der Waals surface area contributed by atoms with Gasteiger partial charge in [-0.3, -0.25) is 4.98 Å². The molecule has 6 rings (SSSR count). The molecule has 0 spiro atoms. The number of nitrogens with one attached hydrogen (secondary N) is 1. The van der Waals surface area contributed by atoms with E-state index in [1.165, 1.54) is 0 Å². The van der Waals surface area contributed by atoms with Gasteiger partial charge in [-0.1, -0.05) is 47.5 Å². The minimum Gasteiger partial charge on any atom is -0.457 e. The Morgan fingerprint density at radius 2 is 1.63 bits per heavy atom. The highest BCUT2D eigenvalue weighted by Gasteiger charge is 2.42. The molecular weight excluding hydrogens is 571 g/mol. The largest absolute Gasteiger partial charge is 0.457 e. The van der Waals surface area contributed by atoms with Crippen molar-refractivity contribution in [2.75, 3.05) is 4.90 Å². The van der Waals surface area contributed by atoms with E-state index < -0.39 is 0 Å². The van der Waals surface area contributed by atoms with Crippen molar-refractivity contribution < 1.29 is 4.74 Å². The lowest BCUT2D eigenvalue weighted by Gasteiger charge is -2.28. The molecule has 1 aliphatic rings. The maximum absolute atomic E-state index is 6.66. The fraction of sp³-hybridized carbons (Fsp3) is 0.152. The number of aromatic nitrogens is 2. The molecule has 206 valence electrons. The topological polar surface area (TPSA) is 42.3 Å². The molecule has 5 nitrogen and oxygen atoms in total. The van der Waals surface area contributed by atoms with Crippen LogP contribution < -0.4 is 15.0 Å². The van der Waals surface area contributed by atoms with Crippen LogP contribution in [0.25, 0.3) is 5.69 Å². The highest BCUT2D eigenvalue weighted by molar-refractivity contribution is 7.80. The predicted molar refractivity (Wildman–Crippen MR) is 171 cm³/mol. The number of aryl methyl sites for hydroxylation is 2. The van der Waals surface area contributed by atoms with Gasteiger partial charge >= 0.3 is 0 Å². The zero-order chi connectivity index (χ0) is 28.7. The Labute approximate surface area is 255 Å². The first-order chi connectivity index (χ1) is 19.8. The number of ether oxygens (including phenoxy) is 1. The zero-order valence-corrected chi connectivity index (χ0v) is 25.1. The highest BCUT2D eigenvalue weighted by Crippen LogP contribution is 2.44. The van der Waals surface area contributed by atoms with E-state index in [4.69, 9.17) is 45.1 Å². The van der Waals surface area contributed by atoms with Gasteiger partial charge in [-0.25, -0.2) is 0 Å². The smallest absolute Gasteiger partial charge is 0.174 e. The van der Waals surface area contributed by atoms with Gasteiger partial charge in [0.05, 0.1) is 28.5 Å². The van der Waals surface area contributed by atoms with Crippen molar-refractivity contribution in [2.45, 2.75) is 32.9 Å². The van der Waals surface area contributed by atoms with Crippen LogP contribution in [-0.2, 0) is 0 Å². The van der Waals surface area contributed by atoms with Gasteiger partial charge in [-0.15, -0.1) is 0 Å². The molecule has 0 saturated carbocycles. The van der Waals surface area contributed by atoms with E-state index in [0.717, 1.165) is 51.1 Å². The summed E-state index contributed by atoms with van der Waals surface area (Å²) >= 11 is 18.8. The zero-order valence-electron chi connectivity index (χ0n) is 22.8. The number of halogens is 2. The van der Waals surface area contributed by atoms with Gasteiger partial charge in [-0.2, -0.15) is 0 Å². The number of hydrogen-bond donors (Lipinski definition) is 1. The van der Waals surface area contributed by atoms with Gasteiger partial charge in [0.2, 0.25) is 0 Å². The Morgan fingerprint density at radius 1 is 0.878 bits per heavy atom. The van der Waals surface area contributed by atoms with E-state index in [2.05, 4.69) is 34.7 Å². The van der Waals surface area contributed by atoms with Crippen LogP contribution in [0.15, 0.2) is 97.2 Å². The molecule has 5 aromatic rings. The van der Waals surface area contributed by atoms with Gasteiger partial charge in [0, 0.05) is 28.3 Å². The minimum atomic E-state index is -0.166. The Hall–Kier alpha value is -3.84. The molecule has 2 atom stereocenters. The third-order valence-electron chi connectivity index (χ3n) is 7.47. The van der Waals surface area contributed by atoms with Gasteiger partial charge in [0.15, 0.2) is 5.11 Å². The number of benzene rings is 3. The van der Waals surface area contributed by atoms with Crippen molar-refractivity contribution in [2.24, 2.45) is 0 Å². The average Bonchev–Trinajstić information content (AvgIpc) is 3.46. The van der Waals surface area contributed by atoms with Crippen LogP contribution >= 0.6 is 35.4 Å². The molecule has 8 heteroatoms. The molecule has 1 N–H and O–H groups in total. The van der Waals surface area contributed by atoms with Crippen LogP contribution in [-0.4, -0.2) is 14.7 Å². The number of pyridine rings is 1. The normalized spacial score (nSPS) is 16.6. The fourth-order valence-electron chi connectivity index (χ4n) is 5.54. The Bertz CT molecular complexity index is 1740. The third-order valence-corrected chi connectivity index (χ3v) is 8.33. The Morgan fingerprint density at radius 3 is 2.34 bits per heavy atom. The molecule has 1 fully saturated rings. The number of anilines is 1. The van der Waals surface area contributed by atoms with Crippen molar-refractivity contribution in [3.05, 3.63) is 135 Å². The summed E-state index contributed by atoms with van der Waals surface area (Å²) in [6.07, 6.45) is 1.81. The summed E-state index contributed by atoms with van der Waals surface area (Å²) in [5.74, 6) is 1.59. The number of thiocarbonyl (C=S) groups is 1. The second kappa shape index (κ2) is 11.2. The summed E-state index contributed by atoms with van der Waals surface area (Å²) < 4.78 is 8.33. The molecule has 0 amide bonds. The maximum atomic E-state index is 6.66. The van der Waals surface area contributed by atoms with E-state index in [-0.39, 0.29) is 12.1 Å². The van der Waals surface area contributed by atoms with Crippen molar-refractivity contribution in [3.63, 3.8) is 0 Å². The van der Waals surface area contributed by atoms with Crippen LogP contribution in [0, 0.1) is 20.8 Å². The molecule has 3 aromatic carbocycles. The second-order valence-electron chi connectivity index (χ2n) is 10.1. The first-order valence-electron chi connectivity index (χ1n) is 13.3. The van der Waals surface area contributed by atoms with Crippen LogP contribution in [0.4, 0.5) is 5.69 Å². The third kappa shape index (κ3) is 5.19. The van der Waals surface area contributed by atoms with E-state index in [1.807, 2.05) is 92.0 Å². The summed E-state index contributed by atoms with van der Waals surface area (Å²) in [4.78, 5) is 6.87. The first kappa shape index (κ1) is 27.3. The second-order valence-corrected chi connectivity index (χ2v) is 11.3. The molecule has 0 aliphatic carbocycles. The van der Waals surface area contributed by atoms with Gasteiger partial charge in [-0.05, 0) is 111 Å². The molecule has 0 bridgehead atoms. The van der Waals surface area contributed by atoms with E-state index in [0.29, 0.717) is 15.2 Å². The van der Waals surface area contributed by atoms with E-state index in [1.54, 1.807) is 6.07 Å².